The molecule has 1 unspecified atom stereocenters. The van der Waals surface area contributed by atoms with Crippen LogP contribution in [0, 0.1) is 0 Å². The Hall–Kier alpha value is -2.56. The topological polar surface area (TPSA) is 46.5 Å². The number of carbonyl (C=O) groups is 1. The Kier molecular flexibility index (Phi) is 4.54. The van der Waals surface area contributed by atoms with Crippen LogP contribution in [0.2, 0.25) is 0 Å². The molecular formula is C22H17ClO3S. The van der Waals surface area contributed by atoms with Crippen molar-refractivity contribution < 1.29 is 14.6 Å². The molecule has 0 saturated carbocycles. The number of hydrogen-bond acceptors (Lipinski definition) is 3. The fourth-order valence-electron chi connectivity index (χ4n) is 3.24. The van der Waals surface area contributed by atoms with Crippen LogP contribution in [-0.2, 0) is 5.06 Å². The summed E-state index contributed by atoms with van der Waals surface area (Å²) in [7, 11) is 0. The van der Waals surface area contributed by atoms with Crippen LogP contribution in [-0.4, -0.2) is 11.1 Å². The van der Waals surface area contributed by atoms with Crippen molar-refractivity contribution in [3.05, 3.63) is 77.2 Å². The van der Waals surface area contributed by atoms with Crippen LogP contribution >= 0.6 is 22.9 Å². The van der Waals surface area contributed by atoms with E-state index in [1.54, 1.807) is 6.07 Å². The van der Waals surface area contributed by atoms with Crippen molar-refractivity contribution in [3.63, 3.8) is 0 Å². The molecule has 0 aliphatic heterocycles. The lowest BCUT2D eigenvalue weighted by atomic mass is 10.0. The van der Waals surface area contributed by atoms with E-state index in [2.05, 4.69) is 0 Å². The van der Waals surface area contributed by atoms with Crippen molar-refractivity contribution in [2.24, 2.45) is 0 Å². The van der Waals surface area contributed by atoms with E-state index in [1.165, 1.54) is 11.3 Å². The van der Waals surface area contributed by atoms with Gasteiger partial charge < -0.3 is 9.84 Å². The van der Waals surface area contributed by atoms with Crippen LogP contribution in [0.5, 0.6) is 5.75 Å². The first kappa shape index (κ1) is 17.8. The number of carboxylic acids is 1. The molecule has 1 atom stereocenters. The molecule has 27 heavy (non-hydrogen) atoms. The Bertz CT molecular complexity index is 1150. The van der Waals surface area contributed by atoms with E-state index in [0.717, 1.165) is 26.4 Å². The lowest BCUT2D eigenvalue weighted by molar-refractivity contribution is 0.0702. The predicted molar refractivity (Wildman–Crippen MR) is 111 cm³/mol. The third-order valence-electron chi connectivity index (χ3n) is 4.63. The van der Waals surface area contributed by atoms with E-state index < -0.39 is 11.0 Å². The first-order valence-corrected chi connectivity index (χ1v) is 9.83. The van der Waals surface area contributed by atoms with Crippen LogP contribution in [0.3, 0.4) is 0 Å². The molecule has 0 spiro atoms. The van der Waals surface area contributed by atoms with Crippen LogP contribution in [0.15, 0.2) is 66.7 Å². The molecule has 1 aromatic heterocycles. The number of ether oxygens (including phenoxy) is 1. The molecular weight excluding hydrogens is 380 g/mol. The fraction of sp³-hybridized carbons (Fsp3) is 0.136. The lowest BCUT2D eigenvalue weighted by Crippen LogP contribution is -2.25. The van der Waals surface area contributed by atoms with Crippen LogP contribution in [0.4, 0.5) is 0 Å². The second-order valence-electron chi connectivity index (χ2n) is 6.30. The van der Waals surface area contributed by atoms with Crippen molar-refractivity contribution in [2.75, 3.05) is 0 Å². The van der Waals surface area contributed by atoms with E-state index in [-0.39, 0.29) is 4.88 Å². The minimum atomic E-state index is -1.09. The highest BCUT2D eigenvalue weighted by atomic mass is 35.5. The van der Waals surface area contributed by atoms with Gasteiger partial charge in [0.15, 0.2) is 0 Å². The molecule has 3 aromatic carbocycles. The molecule has 0 amide bonds. The van der Waals surface area contributed by atoms with E-state index in [1.807, 2.05) is 67.6 Å². The zero-order chi connectivity index (χ0) is 19.0. The molecule has 0 saturated heterocycles. The molecule has 4 aromatic rings. The average Bonchev–Trinajstić information content (AvgIpc) is 3.13. The molecule has 1 N–H and O–H groups in total. The maximum absolute atomic E-state index is 11.4. The number of benzene rings is 3. The summed E-state index contributed by atoms with van der Waals surface area (Å²) in [6.07, 6.45) is 0.525. The van der Waals surface area contributed by atoms with Gasteiger partial charge in [-0.25, -0.2) is 4.79 Å². The maximum atomic E-state index is 11.4. The van der Waals surface area contributed by atoms with Crippen LogP contribution in [0.1, 0.15) is 28.6 Å². The largest absolute Gasteiger partial charge is 0.477 e. The summed E-state index contributed by atoms with van der Waals surface area (Å²) in [5.41, 5.74) is 0.787. The number of fused-ring (bicyclic) bond motifs is 2. The molecule has 4 rings (SSSR count). The third-order valence-corrected chi connectivity index (χ3v) is 6.35. The number of carboxylic acid groups (broad SMARTS) is 1. The zero-order valence-corrected chi connectivity index (χ0v) is 16.2. The SMILES string of the molecule is CCC(Cl)(Oc1cccc2ccccc12)c1cccc2cc(C(=O)O)sc12. The predicted octanol–water partition coefficient (Wildman–Crippen LogP) is 6.63. The molecule has 1 heterocycles. The molecule has 136 valence electrons. The molecule has 0 fully saturated rings. The van der Waals surface area contributed by atoms with Crippen LogP contribution < -0.4 is 4.74 Å². The first-order chi connectivity index (χ1) is 13.0. The Morgan fingerprint density at radius 3 is 2.56 bits per heavy atom. The van der Waals surface area contributed by atoms with E-state index >= 15 is 0 Å². The Morgan fingerprint density at radius 1 is 1.07 bits per heavy atom. The van der Waals surface area contributed by atoms with Crippen molar-refractivity contribution in [2.45, 2.75) is 18.4 Å². The maximum Gasteiger partial charge on any atom is 0.345 e. The first-order valence-electron chi connectivity index (χ1n) is 8.64. The summed E-state index contributed by atoms with van der Waals surface area (Å²) >= 11 is 8.21. The summed E-state index contributed by atoms with van der Waals surface area (Å²) in [6.45, 7) is 1.96. The number of alkyl halides is 1. The number of hydrogen-bond donors (Lipinski definition) is 1. The molecule has 0 aliphatic carbocycles. The summed E-state index contributed by atoms with van der Waals surface area (Å²) in [5, 5.41) is 11.2. The number of aromatic carboxylic acids is 1. The number of rotatable bonds is 5. The summed E-state index contributed by atoms with van der Waals surface area (Å²) < 4.78 is 7.19. The summed E-state index contributed by atoms with van der Waals surface area (Å²) in [4.78, 5) is 11.7. The Labute approximate surface area is 165 Å². The highest BCUT2D eigenvalue weighted by molar-refractivity contribution is 7.21. The normalized spacial score (nSPS) is 13.6. The van der Waals surface area contributed by atoms with E-state index in [0.29, 0.717) is 12.2 Å². The van der Waals surface area contributed by atoms with Gasteiger partial charge in [0.25, 0.3) is 0 Å². The smallest absolute Gasteiger partial charge is 0.345 e. The van der Waals surface area contributed by atoms with Crippen molar-refractivity contribution in [1.29, 1.82) is 0 Å². The number of thiophene rings is 1. The monoisotopic (exact) mass is 396 g/mol. The molecule has 5 heteroatoms. The number of halogens is 1. The minimum absolute atomic E-state index is 0.290. The van der Waals surface area contributed by atoms with Gasteiger partial charge in [-0.3, -0.25) is 0 Å². The summed E-state index contributed by atoms with van der Waals surface area (Å²) in [5.74, 6) is -0.231. The van der Waals surface area contributed by atoms with Crippen molar-refractivity contribution in [3.8, 4) is 5.75 Å². The third kappa shape index (κ3) is 3.15. The van der Waals surface area contributed by atoms with Gasteiger partial charge in [0, 0.05) is 22.1 Å². The van der Waals surface area contributed by atoms with Gasteiger partial charge in [-0.15, -0.1) is 11.3 Å². The van der Waals surface area contributed by atoms with Crippen molar-refractivity contribution >= 4 is 49.8 Å². The highest BCUT2D eigenvalue weighted by Crippen LogP contribution is 2.43. The van der Waals surface area contributed by atoms with Crippen LogP contribution in [0.25, 0.3) is 20.9 Å². The average molecular weight is 397 g/mol. The fourth-order valence-corrected chi connectivity index (χ4v) is 4.62. The summed E-state index contributed by atoms with van der Waals surface area (Å²) in [6, 6.07) is 21.2. The molecule has 3 nitrogen and oxygen atoms in total. The van der Waals surface area contributed by atoms with Gasteiger partial charge in [-0.2, -0.15) is 0 Å². The van der Waals surface area contributed by atoms with Crippen molar-refractivity contribution in [1.82, 2.24) is 0 Å². The van der Waals surface area contributed by atoms with Gasteiger partial charge in [-0.1, -0.05) is 73.1 Å². The van der Waals surface area contributed by atoms with E-state index in [4.69, 9.17) is 16.3 Å². The van der Waals surface area contributed by atoms with Gasteiger partial charge in [0.2, 0.25) is 5.06 Å². The van der Waals surface area contributed by atoms with Gasteiger partial charge in [-0.05, 0) is 22.9 Å². The highest BCUT2D eigenvalue weighted by Gasteiger charge is 2.33. The molecule has 0 bridgehead atoms. The quantitative estimate of drug-likeness (QED) is 0.385. The molecule has 0 aliphatic rings. The lowest BCUT2D eigenvalue weighted by Gasteiger charge is -2.28. The second-order valence-corrected chi connectivity index (χ2v) is 7.96. The Balaban J connectivity index is 1.85. The standard InChI is InChI=1S/C22H17ClO3S/c1-2-22(23,26-18-12-6-8-14-7-3-4-10-16(14)18)17-11-5-9-15-13-19(21(24)25)27-20(15)17/h3-13H,2H2,1H3,(H,24,25). The Morgan fingerprint density at radius 2 is 1.78 bits per heavy atom. The zero-order valence-electron chi connectivity index (χ0n) is 14.6. The molecule has 0 radical (unpaired) electrons. The minimum Gasteiger partial charge on any atom is -0.477 e. The second kappa shape index (κ2) is 6.87. The van der Waals surface area contributed by atoms with Gasteiger partial charge in [0.05, 0.1) is 0 Å². The van der Waals surface area contributed by atoms with E-state index in [9.17, 15) is 9.90 Å². The van der Waals surface area contributed by atoms with Gasteiger partial charge >= 0.3 is 5.97 Å². The van der Waals surface area contributed by atoms with Gasteiger partial charge in [0.1, 0.15) is 10.6 Å².